The standard InChI is InChI=1S/C28H28N4O6/c1-36-24-7-4-18-13-25(24)38-12-10-32(28(35)19-3-2-8-29-16-19)17-27(34)30-9-11-37-20-5-6-21-22(18)15-26(33)31-23(21)14-20/h2-8,13-14,16,22H,9-12,15,17H2,1H3,(H,30,34)(H,31,33). The molecule has 196 valence electrons. The van der Waals surface area contributed by atoms with Crippen LogP contribution in [0.5, 0.6) is 17.2 Å². The Morgan fingerprint density at radius 1 is 1.08 bits per heavy atom. The lowest BCUT2D eigenvalue weighted by molar-refractivity contribution is -0.122. The number of carbonyl (C=O) groups excluding carboxylic acids is 3. The third-order valence-corrected chi connectivity index (χ3v) is 6.50. The molecule has 0 saturated heterocycles. The smallest absolute Gasteiger partial charge is 0.256 e. The Hall–Kier alpha value is -4.60. The van der Waals surface area contributed by atoms with Crippen LogP contribution in [0.2, 0.25) is 0 Å². The average molecular weight is 517 g/mol. The molecular weight excluding hydrogens is 488 g/mol. The number of pyridine rings is 1. The molecule has 2 N–H and O–H groups in total. The number of methoxy groups -OCH3 is 1. The Balaban J connectivity index is 1.47. The van der Waals surface area contributed by atoms with Crippen molar-refractivity contribution in [2.45, 2.75) is 12.3 Å². The lowest BCUT2D eigenvalue weighted by atomic mass is 9.84. The number of rotatable bonds is 2. The summed E-state index contributed by atoms with van der Waals surface area (Å²) in [5.41, 5.74) is 2.93. The van der Waals surface area contributed by atoms with E-state index in [2.05, 4.69) is 15.6 Å². The lowest BCUT2D eigenvalue weighted by Crippen LogP contribution is -2.43. The molecule has 38 heavy (non-hydrogen) atoms. The number of benzene rings is 2. The molecule has 0 radical (unpaired) electrons. The van der Waals surface area contributed by atoms with Gasteiger partial charge in [-0.05, 0) is 41.5 Å². The third kappa shape index (κ3) is 5.54. The quantitative estimate of drug-likeness (QED) is 0.503. The van der Waals surface area contributed by atoms with Crippen molar-refractivity contribution in [2.24, 2.45) is 0 Å². The van der Waals surface area contributed by atoms with Gasteiger partial charge < -0.3 is 29.7 Å². The summed E-state index contributed by atoms with van der Waals surface area (Å²) in [4.78, 5) is 43.8. The third-order valence-electron chi connectivity index (χ3n) is 6.50. The molecule has 1 unspecified atom stereocenters. The fourth-order valence-corrected chi connectivity index (χ4v) is 4.63. The number of anilines is 1. The molecule has 3 amide bonds. The Morgan fingerprint density at radius 2 is 1.97 bits per heavy atom. The normalized spacial score (nSPS) is 17.7. The first-order valence-electron chi connectivity index (χ1n) is 12.3. The molecule has 0 spiro atoms. The van der Waals surface area contributed by atoms with E-state index in [4.69, 9.17) is 14.2 Å². The van der Waals surface area contributed by atoms with Crippen molar-refractivity contribution < 1.29 is 28.6 Å². The summed E-state index contributed by atoms with van der Waals surface area (Å²) in [5, 5.41) is 5.72. The van der Waals surface area contributed by atoms with E-state index in [0.29, 0.717) is 34.9 Å². The van der Waals surface area contributed by atoms with Gasteiger partial charge in [0.25, 0.3) is 5.91 Å². The van der Waals surface area contributed by atoms with Gasteiger partial charge in [-0.25, -0.2) is 0 Å². The Morgan fingerprint density at radius 3 is 2.79 bits per heavy atom. The van der Waals surface area contributed by atoms with Gasteiger partial charge in [0.1, 0.15) is 19.0 Å². The Labute approximate surface area is 219 Å². The summed E-state index contributed by atoms with van der Waals surface area (Å²) < 4.78 is 17.4. The van der Waals surface area contributed by atoms with Crippen LogP contribution in [-0.4, -0.2) is 67.6 Å². The molecule has 10 nitrogen and oxygen atoms in total. The van der Waals surface area contributed by atoms with E-state index in [9.17, 15) is 14.4 Å². The van der Waals surface area contributed by atoms with Crippen LogP contribution in [0.4, 0.5) is 5.69 Å². The van der Waals surface area contributed by atoms with Gasteiger partial charge in [0.05, 0.1) is 32.3 Å². The highest BCUT2D eigenvalue weighted by Gasteiger charge is 2.28. The van der Waals surface area contributed by atoms with Crippen molar-refractivity contribution in [1.29, 1.82) is 0 Å². The van der Waals surface area contributed by atoms with Crippen LogP contribution >= 0.6 is 0 Å². The predicted octanol–water partition coefficient (Wildman–Crippen LogP) is 2.59. The van der Waals surface area contributed by atoms with Crippen molar-refractivity contribution >= 4 is 23.4 Å². The zero-order valence-corrected chi connectivity index (χ0v) is 20.9. The summed E-state index contributed by atoms with van der Waals surface area (Å²) in [6, 6.07) is 14.5. The van der Waals surface area contributed by atoms with Crippen molar-refractivity contribution in [3.63, 3.8) is 0 Å². The highest BCUT2D eigenvalue weighted by molar-refractivity contribution is 5.96. The maximum atomic E-state index is 13.1. The molecule has 1 atom stereocenters. The van der Waals surface area contributed by atoms with E-state index in [1.807, 2.05) is 24.3 Å². The molecule has 4 heterocycles. The second kappa shape index (κ2) is 11.2. The zero-order valence-electron chi connectivity index (χ0n) is 20.9. The highest BCUT2D eigenvalue weighted by Crippen LogP contribution is 2.41. The van der Waals surface area contributed by atoms with Crippen molar-refractivity contribution in [1.82, 2.24) is 15.2 Å². The highest BCUT2D eigenvalue weighted by atomic mass is 16.5. The van der Waals surface area contributed by atoms with Gasteiger partial charge in [-0.15, -0.1) is 0 Å². The van der Waals surface area contributed by atoms with Crippen LogP contribution in [-0.2, 0) is 9.59 Å². The summed E-state index contributed by atoms with van der Waals surface area (Å²) in [6.07, 6.45) is 3.34. The van der Waals surface area contributed by atoms with Crippen LogP contribution in [0, 0.1) is 0 Å². The number of amides is 3. The molecular formula is C28H28N4O6. The lowest BCUT2D eigenvalue weighted by Gasteiger charge is -2.27. The number of nitrogens with zero attached hydrogens (tertiary/aromatic N) is 2. The van der Waals surface area contributed by atoms with E-state index in [-0.39, 0.29) is 56.5 Å². The molecule has 2 aromatic carbocycles. The van der Waals surface area contributed by atoms with Gasteiger partial charge in [0, 0.05) is 36.5 Å². The summed E-state index contributed by atoms with van der Waals surface area (Å²) in [6.45, 7) is 0.595. The number of fused-ring (bicyclic) bond motifs is 10. The Kier molecular flexibility index (Phi) is 7.39. The van der Waals surface area contributed by atoms with Crippen LogP contribution in [0.25, 0.3) is 0 Å². The summed E-state index contributed by atoms with van der Waals surface area (Å²) in [5.74, 6) is 0.655. The fraction of sp³-hybridized carbons (Fsp3) is 0.286. The minimum atomic E-state index is -0.330. The van der Waals surface area contributed by atoms with E-state index in [0.717, 1.165) is 11.1 Å². The van der Waals surface area contributed by atoms with Crippen LogP contribution < -0.4 is 24.8 Å². The predicted molar refractivity (Wildman–Crippen MR) is 139 cm³/mol. The fourth-order valence-electron chi connectivity index (χ4n) is 4.63. The number of nitrogens with one attached hydrogen (secondary N) is 2. The molecule has 1 aromatic heterocycles. The van der Waals surface area contributed by atoms with Crippen molar-refractivity contribution in [2.75, 3.05) is 45.3 Å². The topological polar surface area (TPSA) is 119 Å². The number of ether oxygens (including phenoxy) is 3. The van der Waals surface area contributed by atoms with Gasteiger partial charge in [-0.3, -0.25) is 19.4 Å². The maximum absolute atomic E-state index is 13.1. The van der Waals surface area contributed by atoms with Gasteiger partial charge in [0.2, 0.25) is 11.8 Å². The Bertz CT molecular complexity index is 1350. The van der Waals surface area contributed by atoms with Gasteiger partial charge >= 0.3 is 0 Å². The second-order valence-electron chi connectivity index (χ2n) is 8.98. The molecule has 10 heteroatoms. The number of carbonyl (C=O) groups is 3. The van der Waals surface area contributed by atoms with Crippen LogP contribution in [0.1, 0.15) is 33.8 Å². The van der Waals surface area contributed by atoms with E-state index < -0.39 is 0 Å². The molecule has 3 aliphatic heterocycles. The van der Waals surface area contributed by atoms with Crippen LogP contribution in [0.3, 0.4) is 0 Å². The molecule has 3 aliphatic rings. The minimum Gasteiger partial charge on any atom is -0.493 e. The molecule has 0 aliphatic carbocycles. The second-order valence-corrected chi connectivity index (χ2v) is 8.98. The molecule has 3 aromatic rings. The van der Waals surface area contributed by atoms with E-state index in [1.165, 1.54) is 11.1 Å². The first-order valence-corrected chi connectivity index (χ1v) is 12.3. The van der Waals surface area contributed by atoms with Gasteiger partial charge in [-0.2, -0.15) is 0 Å². The monoisotopic (exact) mass is 516 g/mol. The first kappa shape index (κ1) is 25.1. The van der Waals surface area contributed by atoms with E-state index in [1.54, 1.807) is 37.6 Å². The maximum Gasteiger partial charge on any atom is 0.256 e. The molecule has 0 fully saturated rings. The van der Waals surface area contributed by atoms with Crippen molar-refractivity contribution in [3.8, 4) is 17.2 Å². The van der Waals surface area contributed by atoms with Crippen molar-refractivity contribution in [3.05, 3.63) is 77.6 Å². The molecule has 6 bridgehead atoms. The minimum absolute atomic E-state index is 0.0934. The van der Waals surface area contributed by atoms with E-state index >= 15 is 0 Å². The largest absolute Gasteiger partial charge is 0.493 e. The summed E-state index contributed by atoms with van der Waals surface area (Å²) in [7, 11) is 1.55. The SMILES string of the molecule is COc1ccc2cc1OCCN(C(=O)c1cccnc1)CC(=O)NCCOc1ccc3c(c1)NC(=O)CC23. The first-order chi connectivity index (χ1) is 18.5. The molecule has 6 rings (SSSR count). The van der Waals surface area contributed by atoms with Gasteiger partial charge in [0.15, 0.2) is 11.5 Å². The molecule has 0 saturated carbocycles. The average Bonchev–Trinajstić information content (AvgIpc) is 2.93. The number of hydrogen-bond acceptors (Lipinski definition) is 7. The van der Waals surface area contributed by atoms with Gasteiger partial charge in [-0.1, -0.05) is 12.1 Å². The number of aromatic nitrogens is 1. The van der Waals surface area contributed by atoms with Crippen LogP contribution in [0.15, 0.2) is 60.9 Å². The number of hydrogen-bond donors (Lipinski definition) is 2. The summed E-state index contributed by atoms with van der Waals surface area (Å²) >= 11 is 0. The zero-order chi connectivity index (χ0) is 26.5.